The van der Waals surface area contributed by atoms with E-state index in [1.807, 2.05) is 0 Å². The van der Waals surface area contributed by atoms with Gasteiger partial charge < -0.3 is 9.84 Å². The predicted molar refractivity (Wildman–Crippen MR) is 65.3 cm³/mol. The highest BCUT2D eigenvalue weighted by molar-refractivity contribution is 5.87. The van der Waals surface area contributed by atoms with Crippen LogP contribution in [0.3, 0.4) is 0 Å². The first-order chi connectivity index (χ1) is 9.93. The second kappa shape index (κ2) is 5.86. The van der Waals surface area contributed by atoms with E-state index in [2.05, 4.69) is 9.84 Å². The van der Waals surface area contributed by atoms with E-state index in [1.165, 1.54) is 0 Å². The molecule has 2 rings (SSSR count). The molecule has 2 aromatic rings. The molecule has 0 bridgehead atoms. The number of hydrogen-bond acceptors (Lipinski definition) is 4. The van der Waals surface area contributed by atoms with E-state index in [9.17, 15) is 23.1 Å². The van der Waals surface area contributed by atoms with Crippen LogP contribution >= 0.6 is 0 Å². The van der Waals surface area contributed by atoms with Gasteiger partial charge in [0.05, 0.1) is 13.2 Å². The molecule has 1 aromatic carbocycles. The summed E-state index contributed by atoms with van der Waals surface area (Å²) in [5, 5.41) is 13.3. The van der Waals surface area contributed by atoms with Crippen molar-refractivity contribution in [2.75, 3.05) is 6.61 Å². The van der Waals surface area contributed by atoms with Gasteiger partial charge in [-0.1, -0.05) is 0 Å². The average molecular weight is 300 g/mol. The first-order valence-electron chi connectivity index (χ1n) is 6.00. The van der Waals surface area contributed by atoms with Gasteiger partial charge >= 0.3 is 5.97 Å². The molecule has 0 amide bonds. The SMILES string of the molecule is CCOC(=O)c1cc(O)n(Cc2c(F)ccc(F)c2F)n1. The van der Waals surface area contributed by atoms with Gasteiger partial charge in [-0.3, -0.25) is 0 Å². The van der Waals surface area contributed by atoms with Crippen molar-refractivity contribution in [3.05, 3.63) is 46.9 Å². The first-order valence-corrected chi connectivity index (χ1v) is 6.00. The van der Waals surface area contributed by atoms with Gasteiger partial charge in [-0.25, -0.2) is 22.6 Å². The smallest absolute Gasteiger partial charge is 0.358 e. The van der Waals surface area contributed by atoms with Crippen molar-refractivity contribution in [1.29, 1.82) is 0 Å². The van der Waals surface area contributed by atoms with Crippen LogP contribution in [0, 0.1) is 17.5 Å². The van der Waals surface area contributed by atoms with Crippen LogP contribution in [-0.4, -0.2) is 27.5 Å². The Hall–Kier alpha value is -2.51. The Labute approximate surface area is 117 Å². The summed E-state index contributed by atoms with van der Waals surface area (Å²) in [4.78, 5) is 11.4. The summed E-state index contributed by atoms with van der Waals surface area (Å²) in [6.07, 6.45) is 0. The van der Waals surface area contributed by atoms with Crippen LogP contribution < -0.4 is 0 Å². The molecular formula is C13H11F3N2O3. The zero-order chi connectivity index (χ0) is 15.6. The number of carbonyl (C=O) groups excluding carboxylic acids is 1. The summed E-state index contributed by atoms with van der Waals surface area (Å²) in [6, 6.07) is 2.41. The van der Waals surface area contributed by atoms with Crippen LogP contribution in [0.5, 0.6) is 5.88 Å². The lowest BCUT2D eigenvalue weighted by atomic mass is 10.2. The number of aromatic nitrogens is 2. The number of carbonyl (C=O) groups is 1. The molecule has 1 heterocycles. The lowest BCUT2D eigenvalue weighted by molar-refractivity contribution is 0.0518. The van der Waals surface area contributed by atoms with E-state index in [0.717, 1.165) is 16.8 Å². The number of esters is 1. The van der Waals surface area contributed by atoms with Gasteiger partial charge in [-0.2, -0.15) is 5.10 Å². The third-order valence-corrected chi connectivity index (χ3v) is 2.69. The van der Waals surface area contributed by atoms with Gasteiger partial charge in [0, 0.05) is 11.6 Å². The van der Waals surface area contributed by atoms with Crippen LogP contribution in [0.25, 0.3) is 0 Å². The van der Waals surface area contributed by atoms with E-state index in [4.69, 9.17) is 0 Å². The van der Waals surface area contributed by atoms with E-state index in [-0.39, 0.29) is 12.3 Å². The van der Waals surface area contributed by atoms with Crippen molar-refractivity contribution < 1.29 is 27.8 Å². The first kappa shape index (κ1) is 14.9. The van der Waals surface area contributed by atoms with Crippen LogP contribution in [0.1, 0.15) is 23.0 Å². The summed E-state index contributed by atoms with van der Waals surface area (Å²) in [5.41, 5.74) is -0.824. The van der Waals surface area contributed by atoms with Crippen LogP contribution in [0.15, 0.2) is 18.2 Å². The van der Waals surface area contributed by atoms with Crippen LogP contribution in [0.2, 0.25) is 0 Å². The van der Waals surface area contributed by atoms with Gasteiger partial charge in [0.1, 0.15) is 5.82 Å². The van der Waals surface area contributed by atoms with Crippen molar-refractivity contribution in [3.8, 4) is 5.88 Å². The molecule has 0 unspecified atom stereocenters. The second-order valence-electron chi connectivity index (χ2n) is 4.09. The number of aromatic hydroxyl groups is 1. The largest absolute Gasteiger partial charge is 0.493 e. The number of ether oxygens (including phenoxy) is 1. The Morgan fingerprint density at radius 3 is 2.67 bits per heavy atom. The summed E-state index contributed by atoms with van der Waals surface area (Å²) < 4.78 is 45.6. The Balaban J connectivity index is 2.33. The topological polar surface area (TPSA) is 64.3 Å². The number of nitrogens with zero attached hydrogens (tertiary/aromatic N) is 2. The number of benzene rings is 1. The minimum Gasteiger partial charge on any atom is -0.493 e. The van der Waals surface area contributed by atoms with E-state index >= 15 is 0 Å². The highest BCUT2D eigenvalue weighted by Gasteiger charge is 2.19. The van der Waals surface area contributed by atoms with Crippen LogP contribution in [0.4, 0.5) is 13.2 Å². The lowest BCUT2D eigenvalue weighted by Gasteiger charge is -2.06. The fourth-order valence-corrected chi connectivity index (χ4v) is 1.69. The normalized spacial score (nSPS) is 10.7. The minimum atomic E-state index is -1.37. The van der Waals surface area contributed by atoms with Gasteiger partial charge in [-0.15, -0.1) is 0 Å². The zero-order valence-electron chi connectivity index (χ0n) is 10.9. The van der Waals surface area contributed by atoms with Crippen molar-refractivity contribution in [2.45, 2.75) is 13.5 Å². The fourth-order valence-electron chi connectivity index (χ4n) is 1.69. The number of halogens is 3. The molecule has 0 saturated heterocycles. The van der Waals surface area contributed by atoms with Gasteiger partial charge in [0.25, 0.3) is 0 Å². The molecule has 0 aliphatic carbocycles. The second-order valence-corrected chi connectivity index (χ2v) is 4.09. The van der Waals surface area contributed by atoms with Crippen molar-refractivity contribution >= 4 is 5.97 Å². The molecule has 0 aliphatic rings. The molecule has 0 saturated carbocycles. The van der Waals surface area contributed by atoms with Crippen molar-refractivity contribution in [1.82, 2.24) is 9.78 Å². The zero-order valence-corrected chi connectivity index (χ0v) is 10.9. The Kier molecular flexibility index (Phi) is 4.15. The number of rotatable bonds is 4. The predicted octanol–water partition coefficient (Wildman–Crippen LogP) is 2.23. The maximum Gasteiger partial charge on any atom is 0.358 e. The monoisotopic (exact) mass is 300 g/mol. The van der Waals surface area contributed by atoms with Gasteiger partial charge in [0.2, 0.25) is 5.88 Å². The lowest BCUT2D eigenvalue weighted by Crippen LogP contribution is -2.10. The average Bonchev–Trinajstić information content (AvgIpc) is 2.81. The van der Waals surface area contributed by atoms with Gasteiger partial charge in [-0.05, 0) is 19.1 Å². The van der Waals surface area contributed by atoms with Crippen molar-refractivity contribution in [3.63, 3.8) is 0 Å². The van der Waals surface area contributed by atoms with E-state index in [1.54, 1.807) is 6.92 Å². The Morgan fingerprint density at radius 2 is 2.00 bits per heavy atom. The highest BCUT2D eigenvalue weighted by atomic mass is 19.2. The fraction of sp³-hybridized carbons (Fsp3) is 0.231. The molecule has 0 radical (unpaired) electrons. The maximum absolute atomic E-state index is 13.5. The van der Waals surface area contributed by atoms with E-state index in [0.29, 0.717) is 6.07 Å². The summed E-state index contributed by atoms with van der Waals surface area (Å²) in [5.74, 6) is -4.86. The summed E-state index contributed by atoms with van der Waals surface area (Å²) in [7, 11) is 0. The van der Waals surface area contributed by atoms with Gasteiger partial charge in [0.15, 0.2) is 17.3 Å². The Bertz CT molecular complexity index is 686. The molecule has 5 nitrogen and oxygen atoms in total. The molecule has 0 aliphatic heterocycles. The molecule has 1 N–H and O–H groups in total. The molecule has 1 aromatic heterocycles. The summed E-state index contributed by atoms with van der Waals surface area (Å²) in [6.45, 7) is 1.13. The highest BCUT2D eigenvalue weighted by Crippen LogP contribution is 2.20. The molecule has 21 heavy (non-hydrogen) atoms. The quantitative estimate of drug-likeness (QED) is 0.694. The molecule has 112 valence electrons. The Morgan fingerprint density at radius 1 is 1.33 bits per heavy atom. The maximum atomic E-state index is 13.5. The third-order valence-electron chi connectivity index (χ3n) is 2.69. The summed E-state index contributed by atoms with van der Waals surface area (Å²) >= 11 is 0. The third kappa shape index (κ3) is 2.99. The standard InChI is InChI=1S/C13H11F3N2O3/c1-2-21-13(20)10-5-11(19)18(17-10)6-7-8(14)3-4-9(15)12(7)16/h3-5,19H,2,6H2,1H3. The molecular weight excluding hydrogens is 289 g/mol. The number of hydrogen-bond donors (Lipinski definition) is 1. The molecule has 8 heteroatoms. The van der Waals surface area contributed by atoms with Crippen molar-refractivity contribution in [2.24, 2.45) is 0 Å². The molecule has 0 spiro atoms. The van der Waals surface area contributed by atoms with Crippen LogP contribution in [-0.2, 0) is 11.3 Å². The molecule has 0 fully saturated rings. The van der Waals surface area contributed by atoms with E-state index < -0.39 is 41.4 Å². The minimum absolute atomic E-state index is 0.111. The molecule has 0 atom stereocenters.